The molecular formula is C94H62Cl12F2N10O20. The van der Waals surface area contributed by atoms with E-state index in [2.05, 4.69) is 46.9 Å². The Labute approximate surface area is 837 Å². The van der Waals surface area contributed by atoms with Crippen LogP contribution in [0, 0.1) is 11.6 Å². The topological polar surface area (TPSA) is 500 Å². The number of ketones is 6. The van der Waals surface area contributed by atoms with E-state index in [0.717, 1.165) is 12.1 Å². The summed E-state index contributed by atoms with van der Waals surface area (Å²) in [5.41, 5.74) is -4.34. The summed E-state index contributed by atoms with van der Waals surface area (Å²) in [6, 6.07) is 42.4. The minimum Gasteiger partial charge on any atom is -0.508 e. The molecule has 12 aromatic rings. The SMILES string of the molecule is NC(=O)c1ccc(C(=O)C[C@]2(O)C(=O)Nc3c(Cl)ccc(Cl)c32)cc1.O=C(C[C@@]1(O)C(=O)Nc2c(Cl)ccc(Cl)c21)c1ccccn1.O=C(C[C@@]1(O)C(=O)Nc2c(Cl)ccc(Cl)c21)c1cccnc1.O=C(C[C@@]1(O)C(=O)Nc2c(Cl)ccc(Cl)c21)c1ccncc1.O=C(C[C@]1(O)C(=O)Nc2c(Cl)ccc(Cl)c21)c1ccc(F)c(F)c1.O=C(C[C@]1(O)C(=O)Nc2c(Cl)ccc(Cl)c21)c1ccc(O)cc1. The first kappa shape index (κ1) is 103. The molecule has 6 aliphatic heterocycles. The van der Waals surface area contributed by atoms with E-state index in [9.17, 15) is 107 Å². The van der Waals surface area contributed by atoms with Gasteiger partial charge in [0.2, 0.25) is 5.91 Å². The lowest BCUT2D eigenvalue weighted by molar-refractivity contribution is -0.133. The highest BCUT2D eigenvalue weighted by Crippen LogP contribution is 2.54. The van der Waals surface area contributed by atoms with Gasteiger partial charge in [0.25, 0.3) is 35.4 Å². The number of halogens is 14. The fourth-order valence-electron chi connectivity index (χ4n) is 15.2. The van der Waals surface area contributed by atoms with Crippen LogP contribution in [0.4, 0.5) is 42.9 Å². The van der Waals surface area contributed by atoms with Crippen LogP contribution in [0.3, 0.4) is 0 Å². The van der Waals surface area contributed by atoms with Crippen molar-refractivity contribution in [3.63, 3.8) is 0 Å². The van der Waals surface area contributed by atoms with Crippen molar-refractivity contribution in [1.82, 2.24) is 15.0 Å². The van der Waals surface area contributed by atoms with Crippen LogP contribution in [0.25, 0.3) is 0 Å². The van der Waals surface area contributed by atoms with Gasteiger partial charge in [-0.05, 0) is 164 Å². The van der Waals surface area contributed by atoms with Gasteiger partial charge in [0.1, 0.15) is 11.4 Å². The monoisotopic (exact) mass is 2110 g/mol. The lowest BCUT2D eigenvalue weighted by Crippen LogP contribution is -2.36. The largest absolute Gasteiger partial charge is 0.508 e. The molecule has 0 unspecified atom stereocenters. The zero-order valence-corrected chi connectivity index (χ0v) is 78.7. The molecule has 44 heteroatoms. The fraction of sp³-hybridized carbons (Fsp3) is 0.128. The van der Waals surface area contributed by atoms with Gasteiger partial charge >= 0.3 is 0 Å². The van der Waals surface area contributed by atoms with Crippen LogP contribution in [0.15, 0.2) is 213 Å². The number of Topliss-reactive ketones (excluding diaryl/α,β-unsaturated/α-hetero) is 6. The van der Waals surface area contributed by atoms with E-state index >= 15 is 0 Å². The third-order valence-electron chi connectivity index (χ3n) is 22.1. The first-order valence-corrected chi connectivity index (χ1v) is 44.3. The number of nitrogens with zero attached hydrogens (tertiary/aromatic N) is 3. The van der Waals surface area contributed by atoms with Gasteiger partial charge in [-0.15, -0.1) is 0 Å². The molecule has 30 nitrogen and oxygen atoms in total. The average molecular weight is 2120 g/mol. The molecule has 9 heterocycles. The van der Waals surface area contributed by atoms with E-state index in [4.69, 9.17) is 145 Å². The number of benzene rings is 9. The molecule has 6 atom stereocenters. The standard InChI is InChI=1S/C17H12Cl2N2O4.C16H9Cl2F2NO3.C16H11Cl2NO4.3C15H10Cl2N2O3/c18-10-5-6-11(19)14-13(10)17(25,16(24)21-14)7-12(22)8-1-3-9(4-2-8)15(20)23;17-8-2-3-9(18)14-13(8)16(24,15(23)21-14)6-12(22)7-1-4-10(19)11(20)5-7;17-10-5-6-11(18)14-13(10)16(23,15(22)19-14)7-12(21)8-1-3-9(20)4-2-8;16-9-1-2-10(17)13-12(9)15(22,14(21)19-13)7-11(20)8-3-5-18-6-4-8;16-9-3-4-10(17)13-12(9)15(22,14(21)19-13)6-11(20)8-2-1-5-18-7-8;16-8-4-5-9(17)13-12(8)15(22,14(21)19-13)7-11(20)10-3-1-2-6-18-10/h1-6,25H,7H2,(H2,20,23)(H,21,24);1-5,24H,6H2,(H,21,23);1-6,20,23H,7H2,(H,19,22);1-6,22H,7H2,(H,19,21);1-5,7,22H,6H2,(H,19,21);1-6,22H,7H2,(H,19,21)/t17-;2*16-;3*15-/m111000/s1. The quantitative estimate of drug-likeness (QED) is 0.0334. The van der Waals surface area contributed by atoms with Gasteiger partial charge in [0, 0.05) is 128 Å². The molecule has 0 fully saturated rings. The molecule has 0 bridgehead atoms. The number of fused-ring (bicyclic) bond motifs is 6. The number of aliphatic hydroxyl groups is 6. The highest BCUT2D eigenvalue weighted by molar-refractivity contribution is 6.43. The van der Waals surface area contributed by atoms with E-state index in [-0.39, 0.29) is 161 Å². The number of rotatable bonds is 19. The minimum atomic E-state index is -2.25. The second-order valence-corrected chi connectivity index (χ2v) is 35.9. The average Bonchev–Trinajstić information content (AvgIpc) is 1.62. The normalized spacial score (nSPS) is 19.3. The number of phenolic OH excluding ortho intramolecular Hbond substituents is 1. The van der Waals surface area contributed by atoms with Crippen molar-refractivity contribution in [2.24, 2.45) is 5.73 Å². The van der Waals surface area contributed by atoms with E-state index in [1.807, 2.05) is 0 Å². The number of carbonyl (C=O) groups is 13. The molecule has 0 radical (unpaired) electrons. The molecule has 9 aromatic carbocycles. The van der Waals surface area contributed by atoms with Crippen LogP contribution in [0.2, 0.25) is 60.3 Å². The number of hydrogen-bond acceptors (Lipinski definition) is 23. The summed E-state index contributed by atoms with van der Waals surface area (Å²) in [6.07, 6.45) is 4.22. The summed E-state index contributed by atoms with van der Waals surface area (Å²) < 4.78 is 26.2. The Morgan fingerprint density at radius 1 is 0.283 bits per heavy atom. The Morgan fingerprint density at radius 2 is 0.551 bits per heavy atom. The zero-order chi connectivity index (χ0) is 100. The maximum absolute atomic E-state index is 13.3. The number of anilines is 6. The van der Waals surface area contributed by atoms with Crippen LogP contribution in [-0.4, -0.2) is 127 Å². The number of phenols is 1. The molecule has 0 saturated carbocycles. The highest BCUT2D eigenvalue weighted by atomic mass is 35.5. The van der Waals surface area contributed by atoms with Crippen LogP contribution >= 0.6 is 139 Å². The van der Waals surface area contributed by atoms with Crippen LogP contribution < -0.4 is 37.6 Å². The molecule has 7 amide bonds. The van der Waals surface area contributed by atoms with Gasteiger partial charge in [-0.2, -0.15) is 0 Å². The summed E-state index contributed by atoms with van der Waals surface area (Å²) in [5.74, 6) is -10.5. The molecule has 18 rings (SSSR count). The third kappa shape index (κ3) is 20.6. The van der Waals surface area contributed by atoms with Gasteiger partial charge in [0.15, 0.2) is 79.9 Å². The van der Waals surface area contributed by atoms with Gasteiger partial charge in [-0.1, -0.05) is 157 Å². The maximum Gasteiger partial charge on any atom is 0.261 e. The number of aromatic nitrogens is 3. The molecule has 15 N–H and O–H groups in total. The molecular weight excluding hydrogens is 2050 g/mol. The summed E-state index contributed by atoms with van der Waals surface area (Å²) in [7, 11) is 0. The van der Waals surface area contributed by atoms with Crippen molar-refractivity contribution in [3.8, 4) is 5.75 Å². The minimum absolute atomic E-state index is 0.0130. The number of nitrogens with two attached hydrogens (primary N) is 1. The Kier molecular flexibility index (Phi) is 30.9. The first-order valence-electron chi connectivity index (χ1n) is 39.8. The van der Waals surface area contributed by atoms with Crippen molar-refractivity contribution in [2.45, 2.75) is 72.1 Å². The summed E-state index contributed by atoms with van der Waals surface area (Å²) >= 11 is 72.5. The molecule has 138 heavy (non-hydrogen) atoms. The van der Waals surface area contributed by atoms with Crippen molar-refractivity contribution in [3.05, 3.63) is 357 Å². The van der Waals surface area contributed by atoms with Crippen LogP contribution in [-0.2, 0) is 62.4 Å². The molecule has 3 aromatic heterocycles. The van der Waals surface area contributed by atoms with Crippen molar-refractivity contribution >= 4 is 249 Å². The molecule has 0 spiro atoms. The Hall–Kier alpha value is -12.4. The summed E-state index contributed by atoms with van der Waals surface area (Å²) in [4.78, 5) is 170. The summed E-state index contributed by atoms with van der Waals surface area (Å²) in [6.45, 7) is 0. The van der Waals surface area contributed by atoms with Gasteiger partial charge in [0.05, 0.1) is 103 Å². The lowest BCUT2D eigenvalue weighted by Gasteiger charge is -2.21. The number of hydrogen-bond donors (Lipinski definition) is 14. The van der Waals surface area contributed by atoms with E-state index < -0.39 is 160 Å². The number of aromatic hydroxyl groups is 1. The lowest BCUT2D eigenvalue weighted by atomic mass is 9.88. The predicted octanol–water partition coefficient (Wildman–Crippen LogP) is 17.7. The second-order valence-electron chi connectivity index (χ2n) is 31.0. The third-order valence-corrected chi connectivity index (χ3v) is 25.9. The number of primary amides is 1. The van der Waals surface area contributed by atoms with Crippen molar-refractivity contribution < 1.29 is 107 Å². The van der Waals surface area contributed by atoms with Crippen molar-refractivity contribution in [2.75, 3.05) is 31.9 Å². The number of pyridine rings is 3. The van der Waals surface area contributed by atoms with E-state index in [1.165, 1.54) is 171 Å². The Morgan fingerprint density at radius 3 is 0.833 bits per heavy atom. The van der Waals surface area contributed by atoms with Gasteiger partial charge < -0.3 is 73.4 Å². The van der Waals surface area contributed by atoms with Gasteiger partial charge in [-0.25, -0.2) is 8.78 Å². The Bertz CT molecular complexity index is 6800. The smallest absolute Gasteiger partial charge is 0.261 e. The van der Waals surface area contributed by atoms with E-state index in [1.54, 1.807) is 24.3 Å². The highest BCUT2D eigenvalue weighted by Gasteiger charge is 2.55. The first-order chi connectivity index (χ1) is 65.1. The summed E-state index contributed by atoms with van der Waals surface area (Å²) in [5, 5.41) is 90.8. The number of carbonyl (C=O) groups excluding carboxylic acids is 13. The van der Waals surface area contributed by atoms with Crippen LogP contribution in [0.5, 0.6) is 5.75 Å². The fourth-order valence-corrected chi connectivity index (χ4v) is 18.3. The van der Waals surface area contributed by atoms with Crippen molar-refractivity contribution in [1.29, 1.82) is 0 Å². The van der Waals surface area contributed by atoms with E-state index in [0.29, 0.717) is 17.2 Å². The molecule has 0 saturated heterocycles. The molecule has 0 aliphatic carbocycles. The maximum atomic E-state index is 13.3. The predicted molar refractivity (Wildman–Crippen MR) is 510 cm³/mol. The number of nitrogens with one attached hydrogen (secondary N) is 6. The number of amides is 7. The molecule has 6 aliphatic rings. The van der Waals surface area contributed by atoms with Gasteiger partial charge in [-0.3, -0.25) is 77.3 Å². The second kappa shape index (κ2) is 41.4. The zero-order valence-electron chi connectivity index (χ0n) is 69.6. The Balaban J connectivity index is 0.000000140. The molecule has 706 valence electrons. The van der Waals surface area contributed by atoms with Crippen LogP contribution in [0.1, 0.15) is 145 Å².